The normalized spacial score (nSPS) is 21.5. The van der Waals surface area contributed by atoms with Gasteiger partial charge in [0, 0.05) is 12.3 Å². The van der Waals surface area contributed by atoms with Crippen LogP contribution in [0.15, 0.2) is 11.1 Å². The van der Waals surface area contributed by atoms with Gasteiger partial charge < -0.3 is 13.9 Å². The van der Waals surface area contributed by atoms with Crippen molar-refractivity contribution in [3.8, 4) is 0 Å². The van der Waals surface area contributed by atoms with Gasteiger partial charge in [0.25, 0.3) is 12.0 Å². The Bertz CT molecular complexity index is 1070. The Morgan fingerprint density at radius 1 is 1.42 bits per heavy atom. The highest BCUT2D eigenvalue weighted by molar-refractivity contribution is 6.74. The van der Waals surface area contributed by atoms with Gasteiger partial charge in [-0.05, 0) is 18.1 Å². The molecule has 182 valence electrons. The topological polar surface area (TPSA) is 137 Å². The number of aromatic nitrogens is 4. The largest absolute Gasteiger partial charge is 0.462 e. The molecule has 3 atom stereocenters. The number of anilines is 1. The molecule has 0 bridgehead atoms. The summed E-state index contributed by atoms with van der Waals surface area (Å²) in [6.45, 7) is 14.9. The van der Waals surface area contributed by atoms with Crippen LogP contribution in [0.1, 0.15) is 47.3 Å². The van der Waals surface area contributed by atoms with Gasteiger partial charge in [0.15, 0.2) is 19.5 Å². The Hall–Kier alpha value is -2.57. The molecule has 2 aromatic rings. The van der Waals surface area contributed by atoms with Gasteiger partial charge in [0.05, 0.1) is 12.9 Å². The number of ether oxygens (including phenoxy) is 2. The van der Waals surface area contributed by atoms with Gasteiger partial charge in [-0.15, -0.1) is 0 Å². The molecule has 3 heterocycles. The fraction of sp³-hybridized carbons (Fsp3) is 0.667. The second kappa shape index (κ2) is 9.35. The minimum absolute atomic E-state index is 0.0222. The summed E-state index contributed by atoms with van der Waals surface area (Å²) in [6.07, 6.45) is 0.236. The van der Waals surface area contributed by atoms with Crippen molar-refractivity contribution in [3.05, 3.63) is 16.7 Å². The van der Waals surface area contributed by atoms with Crippen LogP contribution in [0.25, 0.3) is 11.2 Å². The zero-order valence-corrected chi connectivity index (χ0v) is 21.2. The molecule has 0 unspecified atom stereocenters. The fourth-order valence-electron chi connectivity index (χ4n) is 3.20. The molecule has 11 nitrogen and oxygen atoms in total. The Kier molecular flexibility index (Phi) is 7.10. The number of carbonyl (C=O) groups is 2. The number of hydrogen-bond acceptors (Lipinski definition) is 8. The summed E-state index contributed by atoms with van der Waals surface area (Å²) >= 11 is 0. The van der Waals surface area contributed by atoms with Crippen LogP contribution in [0.2, 0.25) is 18.1 Å². The highest BCUT2D eigenvalue weighted by Crippen LogP contribution is 2.38. The number of amides is 1. The van der Waals surface area contributed by atoms with Crippen molar-refractivity contribution in [1.82, 2.24) is 19.5 Å². The van der Waals surface area contributed by atoms with E-state index in [-0.39, 0.29) is 40.6 Å². The Morgan fingerprint density at radius 2 is 2.12 bits per heavy atom. The number of rotatable bonds is 8. The zero-order valence-electron chi connectivity index (χ0n) is 20.2. The summed E-state index contributed by atoms with van der Waals surface area (Å²) in [5.74, 6) is -0.524. The summed E-state index contributed by atoms with van der Waals surface area (Å²) < 4.78 is 19.4. The number of hydrogen-bond donors (Lipinski definition) is 2. The third kappa shape index (κ3) is 5.33. The third-order valence-corrected chi connectivity index (χ3v) is 10.8. The van der Waals surface area contributed by atoms with Crippen LogP contribution < -0.4 is 10.9 Å². The molecule has 1 aliphatic rings. The number of aromatic amines is 1. The lowest BCUT2D eigenvalue weighted by Gasteiger charge is -2.37. The first kappa shape index (κ1) is 25.1. The molecule has 12 heteroatoms. The van der Waals surface area contributed by atoms with Gasteiger partial charge in [-0.1, -0.05) is 34.6 Å². The van der Waals surface area contributed by atoms with Gasteiger partial charge in [-0.2, -0.15) is 4.98 Å². The Balaban J connectivity index is 1.85. The Morgan fingerprint density at radius 3 is 2.73 bits per heavy atom. The zero-order chi connectivity index (χ0) is 24.6. The van der Waals surface area contributed by atoms with Crippen molar-refractivity contribution in [1.29, 1.82) is 0 Å². The second-order valence-electron chi connectivity index (χ2n) is 10.1. The van der Waals surface area contributed by atoms with Crippen molar-refractivity contribution in [3.63, 3.8) is 0 Å². The second-order valence-corrected chi connectivity index (χ2v) is 14.9. The van der Waals surface area contributed by atoms with Crippen LogP contribution in [-0.4, -0.2) is 59.0 Å². The summed E-state index contributed by atoms with van der Waals surface area (Å²) in [5.41, 5.74) is -0.0945. The van der Waals surface area contributed by atoms with E-state index in [0.29, 0.717) is 12.9 Å². The molecule has 1 aliphatic heterocycles. The van der Waals surface area contributed by atoms with Crippen molar-refractivity contribution in [2.24, 2.45) is 5.92 Å². The van der Waals surface area contributed by atoms with E-state index in [4.69, 9.17) is 13.9 Å². The molecular weight excluding hydrogens is 446 g/mol. The number of fused-ring (bicyclic) bond motifs is 1. The highest BCUT2D eigenvalue weighted by atomic mass is 28.4. The van der Waals surface area contributed by atoms with E-state index < -0.39 is 32.3 Å². The third-order valence-electron chi connectivity index (χ3n) is 6.33. The molecule has 1 fully saturated rings. The Labute approximate surface area is 193 Å². The lowest BCUT2D eigenvalue weighted by molar-refractivity contribution is -0.137. The van der Waals surface area contributed by atoms with E-state index in [1.54, 1.807) is 18.4 Å². The molecular formula is C21H33N5O6Si. The van der Waals surface area contributed by atoms with Crippen molar-refractivity contribution in [2.45, 2.75) is 77.6 Å². The molecule has 0 radical (unpaired) electrons. The molecule has 2 N–H and O–H groups in total. The SMILES string of the molecule is CC(C)C(=O)Nc1nc2c(ncn2[C@H]2C[C@H](OC=O)[C@@H](CO[Si](C)(C)C(C)(C)C)O2)c(=O)[nH]1. The molecule has 0 spiro atoms. The maximum atomic E-state index is 12.5. The maximum Gasteiger partial charge on any atom is 0.293 e. The predicted molar refractivity (Wildman–Crippen MR) is 124 cm³/mol. The fourth-order valence-corrected chi connectivity index (χ4v) is 4.21. The van der Waals surface area contributed by atoms with Crippen LogP contribution in [0.4, 0.5) is 5.95 Å². The first-order valence-electron chi connectivity index (χ1n) is 11.0. The number of H-pyrrole nitrogens is 1. The molecule has 0 aliphatic carbocycles. The van der Waals surface area contributed by atoms with E-state index in [2.05, 4.69) is 54.1 Å². The molecule has 33 heavy (non-hydrogen) atoms. The highest BCUT2D eigenvalue weighted by Gasteiger charge is 2.42. The lowest BCUT2D eigenvalue weighted by Crippen LogP contribution is -2.44. The van der Waals surface area contributed by atoms with E-state index in [0.717, 1.165) is 0 Å². The molecule has 0 saturated carbocycles. The standard InChI is InChI=1S/C21H33N5O6Si/c1-12(2)18(28)24-20-23-17-16(19(29)25-20)22-10-26(17)15-8-13(30-11-27)14(32-15)9-31-33(6,7)21(3,4)5/h10-15H,8-9H2,1-7H3,(H2,23,24,25,28,29)/t13-,14+,15+/m0/s1. The quantitative estimate of drug-likeness (QED) is 0.435. The summed E-state index contributed by atoms with van der Waals surface area (Å²) in [7, 11) is -2.04. The van der Waals surface area contributed by atoms with Gasteiger partial charge >= 0.3 is 0 Å². The van der Waals surface area contributed by atoms with Crippen molar-refractivity contribution in [2.75, 3.05) is 11.9 Å². The van der Waals surface area contributed by atoms with Crippen LogP contribution in [0.5, 0.6) is 0 Å². The number of imidazole rings is 1. The van der Waals surface area contributed by atoms with E-state index in [9.17, 15) is 14.4 Å². The molecule has 2 aromatic heterocycles. The number of nitrogens with one attached hydrogen (secondary N) is 2. The van der Waals surface area contributed by atoms with Gasteiger partial charge in [0.1, 0.15) is 18.4 Å². The van der Waals surface area contributed by atoms with Gasteiger partial charge in [-0.3, -0.25) is 29.3 Å². The van der Waals surface area contributed by atoms with Gasteiger partial charge in [0.2, 0.25) is 11.9 Å². The van der Waals surface area contributed by atoms with Crippen LogP contribution in [-0.2, 0) is 23.5 Å². The molecule has 1 amide bonds. The minimum atomic E-state index is -2.04. The van der Waals surface area contributed by atoms with Gasteiger partial charge in [-0.25, -0.2) is 4.98 Å². The minimum Gasteiger partial charge on any atom is -0.462 e. The average Bonchev–Trinajstić information content (AvgIpc) is 3.30. The average molecular weight is 480 g/mol. The first-order valence-corrected chi connectivity index (χ1v) is 13.9. The summed E-state index contributed by atoms with van der Waals surface area (Å²) in [5, 5.41) is 2.62. The summed E-state index contributed by atoms with van der Waals surface area (Å²) in [4.78, 5) is 46.7. The summed E-state index contributed by atoms with van der Waals surface area (Å²) in [6, 6.07) is 0. The molecule has 1 saturated heterocycles. The van der Waals surface area contributed by atoms with Crippen molar-refractivity contribution >= 4 is 37.8 Å². The van der Waals surface area contributed by atoms with Crippen LogP contribution >= 0.6 is 0 Å². The van der Waals surface area contributed by atoms with E-state index >= 15 is 0 Å². The monoisotopic (exact) mass is 479 g/mol. The van der Waals surface area contributed by atoms with E-state index in [1.807, 2.05) is 0 Å². The first-order chi connectivity index (χ1) is 15.3. The number of carbonyl (C=O) groups excluding carboxylic acids is 2. The molecule has 0 aromatic carbocycles. The van der Waals surface area contributed by atoms with Crippen LogP contribution in [0.3, 0.4) is 0 Å². The smallest absolute Gasteiger partial charge is 0.293 e. The maximum absolute atomic E-state index is 12.5. The predicted octanol–water partition coefficient (Wildman–Crippen LogP) is 2.56. The van der Waals surface area contributed by atoms with E-state index in [1.165, 1.54) is 6.33 Å². The number of nitrogens with zero attached hydrogens (tertiary/aromatic N) is 3. The van der Waals surface area contributed by atoms with Crippen molar-refractivity contribution < 1.29 is 23.5 Å². The van der Waals surface area contributed by atoms with Crippen LogP contribution in [0, 0.1) is 5.92 Å². The lowest BCUT2D eigenvalue weighted by atomic mass is 10.2. The molecule has 3 rings (SSSR count).